The van der Waals surface area contributed by atoms with Gasteiger partial charge in [-0.15, -0.1) is 0 Å². The van der Waals surface area contributed by atoms with Crippen LogP contribution in [0.25, 0.3) is 16.6 Å². The molecule has 1 aliphatic heterocycles. The van der Waals surface area contributed by atoms with Gasteiger partial charge in [0, 0.05) is 15.9 Å². The van der Waals surface area contributed by atoms with E-state index in [4.69, 9.17) is 0 Å². The molecule has 0 amide bonds. The molecule has 0 radical (unpaired) electrons. The average molecular weight is 325 g/mol. The maximum Gasteiger partial charge on any atom is 0.281 e. The van der Waals surface area contributed by atoms with Gasteiger partial charge in [-0.1, -0.05) is 39.8 Å². The summed E-state index contributed by atoms with van der Waals surface area (Å²) in [5.41, 5.74) is 1.57. The average Bonchev–Trinajstić information content (AvgIpc) is 2.82. The maximum atomic E-state index is 11.9. The largest absolute Gasteiger partial charge is 0.391 e. The van der Waals surface area contributed by atoms with E-state index < -0.39 is 0 Å². The minimum Gasteiger partial charge on any atom is -0.391 e. The summed E-state index contributed by atoms with van der Waals surface area (Å²) in [6.07, 6.45) is 0. The van der Waals surface area contributed by atoms with Gasteiger partial charge < -0.3 is 5.11 Å². The third-order valence-electron chi connectivity index (χ3n) is 2.82. The number of aliphatic hydroxyl groups is 1. The van der Waals surface area contributed by atoms with E-state index in [9.17, 15) is 9.90 Å². The highest BCUT2D eigenvalue weighted by Gasteiger charge is 2.22. The van der Waals surface area contributed by atoms with E-state index in [1.807, 2.05) is 22.8 Å². The Labute approximate surface area is 115 Å². The molecule has 0 fully saturated rings. The SMILES string of the molecule is O=c1nc2n(c3ccccc13)/C(=C(\Br)CO)CS2. The number of rotatable bonds is 1. The zero-order chi connectivity index (χ0) is 12.7. The molecule has 0 saturated carbocycles. The van der Waals surface area contributed by atoms with Gasteiger partial charge in [0.15, 0.2) is 5.16 Å². The van der Waals surface area contributed by atoms with E-state index >= 15 is 0 Å². The Kier molecular flexibility index (Phi) is 3.01. The van der Waals surface area contributed by atoms with Crippen molar-refractivity contribution in [3.05, 3.63) is 39.1 Å². The predicted octanol–water partition coefficient (Wildman–Crippen LogP) is 2.06. The smallest absolute Gasteiger partial charge is 0.281 e. The number of halogens is 1. The minimum atomic E-state index is -0.203. The Bertz CT molecular complexity index is 724. The van der Waals surface area contributed by atoms with Crippen molar-refractivity contribution in [1.82, 2.24) is 9.55 Å². The van der Waals surface area contributed by atoms with Crippen LogP contribution in [0.2, 0.25) is 0 Å². The molecule has 3 rings (SSSR count). The molecule has 2 heterocycles. The van der Waals surface area contributed by atoms with Gasteiger partial charge in [0.2, 0.25) is 0 Å². The molecular formula is C12H9BrN2O2S. The highest BCUT2D eigenvalue weighted by Crippen LogP contribution is 2.36. The molecule has 0 spiro atoms. The number of thioether (sulfide) groups is 1. The van der Waals surface area contributed by atoms with Crippen LogP contribution in [0.3, 0.4) is 0 Å². The number of fused-ring (bicyclic) bond motifs is 3. The van der Waals surface area contributed by atoms with Gasteiger partial charge in [0.25, 0.3) is 5.56 Å². The first-order chi connectivity index (χ1) is 8.72. The van der Waals surface area contributed by atoms with Crippen molar-refractivity contribution < 1.29 is 5.11 Å². The Morgan fingerprint density at radius 3 is 3.06 bits per heavy atom. The summed E-state index contributed by atoms with van der Waals surface area (Å²) >= 11 is 4.87. The number of benzene rings is 1. The van der Waals surface area contributed by atoms with Crippen LogP contribution in [0.1, 0.15) is 0 Å². The van der Waals surface area contributed by atoms with E-state index in [0.717, 1.165) is 15.7 Å². The summed E-state index contributed by atoms with van der Waals surface area (Å²) in [4.78, 5) is 16.0. The van der Waals surface area contributed by atoms with Crippen LogP contribution in [0.5, 0.6) is 0 Å². The molecule has 0 bridgehead atoms. The van der Waals surface area contributed by atoms with Gasteiger partial charge in [-0.05, 0) is 12.1 Å². The third-order valence-corrected chi connectivity index (χ3v) is 4.48. The summed E-state index contributed by atoms with van der Waals surface area (Å²) in [7, 11) is 0. The lowest BCUT2D eigenvalue weighted by molar-refractivity contribution is 0.340. The second-order valence-corrected chi connectivity index (χ2v) is 5.75. The van der Waals surface area contributed by atoms with Gasteiger partial charge in [0.05, 0.1) is 17.5 Å². The molecule has 0 aliphatic carbocycles. The summed E-state index contributed by atoms with van der Waals surface area (Å²) < 4.78 is 2.66. The summed E-state index contributed by atoms with van der Waals surface area (Å²) in [5.74, 6) is 0.696. The number of aromatic nitrogens is 2. The standard InChI is InChI=1S/C12H9BrN2O2S/c13-8(5-16)10-6-18-12-14-11(17)7-3-1-2-4-9(7)15(10)12/h1-4,16H,5-6H2/b10-8-. The zero-order valence-electron chi connectivity index (χ0n) is 9.26. The lowest BCUT2D eigenvalue weighted by atomic mass is 10.2. The van der Waals surface area contributed by atoms with E-state index in [1.165, 1.54) is 11.8 Å². The molecule has 2 aromatic rings. The van der Waals surface area contributed by atoms with Crippen LogP contribution in [0.4, 0.5) is 0 Å². The fourth-order valence-electron chi connectivity index (χ4n) is 2.00. The molecule has 1 aromatic heterocycles. The van der Waals surface area contributed by atoms with Gasteiger partial charge in [-0.2, -0.15) is 4.98 Å². The Morgan fingerprint density at radius 1 is 1.50 bits per heavy atom. The Hall–Kier alpha value is -1.11. The lowest BCUT2D eigenvalue weighted by Gasteiger charge is -2.10. The van der Waals surface area contributed by atoms with Crippen LogP contribution in [-0.2, 0) is 0 Å². The lowest BCUT2D eigenvalue weighted by Crippen LogP contribution is -2.13. The van der Waals surface area contributed by atoms with Gasteiger partial charge >= 0.3 is 0 Å². The van der Waals surface area contributed by atoms with E-state index in [1.54, 1.807) is 6.07 Å². The Morgan fingerprint density at radius 2 is 2.28 bits per heavy atom. The molecule has 4 nitrogen and oxygen atoms in total. The summed E-state index contributed by atoms with van der Waals surface area (Å²) in [6.45, 7) is -0.0597. The van der Waals surface area contributed by atoms with Crippen molar-refractivity contribution in [1.29, 1.82) is 0 Å². The topological polar surface area (TPSA) is 55.1 Å². The van der Waals surface area contributed by atoms with Crippen LogP contribution in [-0.4, -0.2) is 27.0 Å². The fourth-order valence-corrected chi connectivity index (χ4v) is 3.55. The van der Waals surface area contributed by atoms with Gasteiger partial charge in [-0.3, -0.25) is 9.36 Å². The van der Waals surface area contributed by atoms with Crippen LogP contribution in [0, 0.1) is 0 Å². The molecule has 92 valence electrons. The van der Waals surface area contributed by atoms with Crippen molar-refractivity contribution in [3.8, 4) is 0 Å². The first-order valence-corrected chi connectivity index (χ1v) is 7.13. The molecule has 0 unspecified atom stereocenters. The summed E-state index contributed by atoms with van der Waals surface area (Å²) in [5, 5.41) is 10.5. The van der Waals surface area contributed by atoms with Crippen molar-refractivity contribution in [3.63, 3.8) is 0 Å². The minimum absolute atomic E-state index is 0.0597. The molecule has 18 heavy (non-hydrogen) atoms. The molecule has 0 atom stereocenters. The monoisotopic (exact) mass is 324 g/mol. The quantitative estimate of drug-likeness (QED) is 0.816. The van der Waals surface area contributed by atoms with Crippen molar-refractivity contribution in [2.24, 2.45) is 0 Å². The second-order valence-electron chi connectivity index (χ2n) is 3.85. The first kappa shape index (κ1) is 12.0. The predicted molar refractivity (Wildman–Crippen MR) is 76.0 cm³/mol. The second kappa shape index (κ2) is 4.53. The Balaban J connectivity index is 2.44. The molecule has 1 N–H and O–H groups in total. The first-order valence-electron chi connectivity index (χ1n) is 5.35. The van der Waals surface area contributed by atoms with Crippen molar-refractivity contribution in [2.45, 2.75) is 5.16 Å². The number of hydrogen-bond acceptors (Lipinski definition) is 4. The zero-order valence-corrected chi connectivity index (χ0v) is 11.7. The number of aliphatic hydroxyl groups excluding tert-OH is 1. The number of nitrogens with zero attached hydrogens (tertiary/aromatic N) is 2. The van der Waals surface area contributed by atoms with Gasteiger partial charge in [0.1, 0.15) is 0 Å². The fraction of sp³-hybridized carbons (Fsp3) is 0.167. The van der Waals surface area contributed by atoms with Crippen molar-refractivity contribution >= 4 is 44.3 Å². The van der Waals surface area contributed by atoms with Gasteiger partial charge in [-0.25, -0.2) is 0 Å². The number of hydrogen-bond donors (Lipinski definition) is 1. The highest BCUT2D eigenvalue weighted by atomic mass is 79.9. The third kappa shape index (κ3) is 1.72. The normalized spacial score (nSPS) is 17.0. The molecule has 0 saturated heterocycles. The van der Waals surface area contributed by atoms with Crippen molar-refractivity contribution in [2.75, 3.05) is 12.4 Å². The maximum absolute atomic E-state index is 11.9. The van der Waals surface area contributed by atoms with Crippen LogP contribution < -0.4 is 5.56 Å². The highest BCUT2D eigenvalue weighted by molar-refractivity contribution is 9.11. The molecule has 6 heteroatoms. The van der Waals surface area contributed by atoms with Crippen LogP contribution >= 0.6 is 27.7 Å². The molecule has 1 aromatic carbocycles. The van der Waals surface area contributed by atoms with E-state index in [-0.39, 0.29) is 12.2 Å². The summed E-state index contributed by atoms with van der Waals surface area (Å²) in [6, 6.07) is 7.38. The molecule has 1 aliphatic rings. The van der Waals surface area contributed by atoms with E-state index in [2.05, 4.69) is 20.9 Å². The molecular weight excluding hydrogens is 316 g/mol. The van der Waals surface area contributed by atoms with E-state index in [0.29, 0.717) is 16.3 Å². The van der Waals surface area contributed by atoms with Crippen LogP contribution in [0.15, 0.2) is 38.7 Å². The number of para-hydroxylation sites is 1.